The summed E-state index contributed by atoms with van der Waals surface area (Å²) >= 11 is 7.22. The van der Waals surface area contributed by atoms with Crippen LogP contribution in [0.2, 0.25) is 5.02 Å². The van der Waals surface area contributed by atoms with E-state index in [4.69, 9.17) is 11.6 Å². The maximum atomic E-state index is 12.6. The number of aromatic nitrogens is 1. The van der Waals surface area contributed by atoms with E-state index in [1.54, 1.807) is 5.38 Å². The molecule has 1 heterocycles. The van der Waals surface area contributed by atoms with Gasteiger partial charge in [-0.1, -0.05) is 11.6 Å². The Hall–Kier alpha value is -2.51. The van der Waals surface area contributed by atoms with Gasteiger partial charge in [-0.3, -0.25) is 9.52 Å². The van der Waals surface area contributed by atoms with Crippen LogP contribution in [0.15, 0.2) is 63.8 Å². The Labute approximate surface area is 188 Å². The summed E-state index contributed by atoms with van der Waals surface area (Å²) in [4.78, 5) is 16.4. The first-order chi connectivity index (χ1) is 14.5. The number of benzene rings is 2. The van der Waals surface area contributed by atoms with Gasteiger partial charge in [-0.05, 0) is 42.5 Å². The molecule has 0 radical (unpaired) electrons. The lowest BCUT2D eigenvalue weighted by molar-refractivity contribution is 0.102. The molecule has 0 saturated carbocycles. The minimum atomic E-state index is -3.82. The van der Waals surface area contributed by atoms with Crippen LogP contribution in [0.1, 0.15) is 10.4 Å². The topological polar surface area (TPSA) is 126 Å². The predicted molar refractivity (Wildman–Crippen MR) is 120 cm³/mol. The fourth-order valence-corrected chi connectivity index (χ4v) is 5.33. The Balaban J connectivity index is 1.80. The fourth-order valence-electron chi connectivity index (χ4n) is 2.41. The van der Waals surface area contributed by atoms with Gasteiger partial charge in [-0.25, -0.2) is 26.1 Å². The van der Waals surface area contributed by atoms with Crippen molar-refractivity contribution >= 4 is 59.7 Å². The number of hydrogen-bond donors (Lipinski definition) is 2. The van der Waals surface area contributed by atoms with Gasteiger partial charge in [0.25, 0.3) is 15.9 Å². The second-order valence-electron chi connectivity index (χ2n) is 6.35. The van der Waals surface area contributed by atoms with Crippen molar-refractivity contribution in [2.75, 3.05) is 24.1 Å². The van der Waals surface area contributed by atoms with Crippen molar-refractivity contribution in [2.45, 2.75) is 9.79 Å². The molecule has 164 valence electrons. The molecule has 1 aromatic heterocycles. The largest absolute Gasteiger partial charge is 0.322 e. The molecule has 3 rings (SSSR count). The van der Waals surface area contributed by atoms with Crippen molar-refractivity contribution in [1.82, 2.24) is 9.29 Å². The molecular weight excluding hydrogens is 484 g/mol. The average molecular weight is 501 g/mol. The number of nitrogens with one attached hydrogen (secondary N) is 2. The maximum absolute atomic E-state index is 12.6. The SMILES string of the molecule is CN(C)S(=O)(=O)c1ccc(Cl)c(C(=O)Nc2ccc(S(=O)(=O)Nc3nccs3)cc2)c1. The van der Waals surface area contributed by atoms with Crippen LogP contribution in [0.4, 0.5) is 10.8 Å². The molecule has 1 amide bonds. The van der Waals surface area contributed by atoms with Gasteiger partial charge in [-0.15, -0.1) is 11.3 Å². The fraction of sp³-hybridized carbons (Fsp3) is 0.111. The molecule has 31 heavy (non-hydrogen) atoms. The van der Waals surface area contributed by atoms with Gasteiger partial charge in [0.2, 0.25) is 10.0 Å². The van der Waals surface area contributed by atoms with Gasteiger partial charge in [0.05, 0.1) is 20.4 Å². The molecule has 0 aliphatic heterocycles. The van der Waals surface area contributed by atoms with Gasteiger partial charge in [0.1, 0.15) is 0 Å². The van der Waals surface area contributed by atoms with Gasteiger partial charge in [-0.2, -0.15) is 0 Å². The van der Waals surface area contributed by atoms with Crippen LogP contribution in [0, 0.1) is 0 Å². The van der Waals surface area contributed by atoms with E-state index in [9.17, 15) is 21.6 Å². The molecule has 0 aliphatic carbocycles. The van der Waals surface area contributed by atoms with Gasteiger partial charge < -0.3 is 5.32 Å². The standard InChI is InChI=1S/C18H17ClN4O5S3/c1-23(2)31(27,28)14-7-8-16(19)15(11-14)17(24)21-12-3-5-13(6-4-12)30(25,26)22-18-20-9-10-29-18/h3-11H,1-2H3,(H,20,22)(H,21,24). The number of anilines is 2. The third-order valence-corrected chi connectivity index (χ3v) is 8.35. The summed E-state index contributed by atoms with van der Waals surface area (Å²) in [6.45, 7) is 0. The Morgan fingerprint density at radius 2 is 1.68 bits per heavy atom. The van der Waals surface area contributed by atoms with E-state index in [2.05, 4.69) is 15.0 Å². The highest BCUT2D eigenvalue weighted by Crippen LogP contribution is 2.24. The van der Waals surface area contributed by atoms with E-state index in [-0.39, 0.29) is 25.5 Å². The van der Waals surface area contributed by atoms with Crippen molar-refractivity contribution in [3.63, 3.8) is 0 Å². The van der Waals surface area contributed by atoms with Crippen LogP contribution < -0.4 is 10.0 Å². The first-order valence-electron chi connectivity index (χ1n) is 8.56. The summed E-state index contributed by atoms with van der Waals surface area (Å²) in [5.41, 5.74) is 0.266. The summed E-state index contributed by atoms with van der Waals surface area (Å²) in [7, 11) is -4.82. The minimum Gasteiger partial charge on any atom is -0.322 e. The van der Waals surface area contributed by atoms with Crippen molar-refractivity contribution in [3.05, 3.63) is 64.6 Å². The maximum Gasteiger partial charge on any atom is 0.263 e. The molecule has 13 heteroatoms. The zero-order chi connectivity index (χ0) is 22.8. The highest BCUT2D eigenvalue weighted by atomic mass is 35.5. The molecular formula is C18H17ClN4O5S3. The Bertz CT molecular complexity index is 1310. The van der Waals surface area contributed by atoms with E-state index in [0.29, 0.717) is 5.69 Å². The third-order valence-electron chi connectivity index (χ3n) is 4.04. The van der Waals surface area contributed by atoms with Gasteiger partial charge in [0, 0.05) is 31.4 Å². The molecule has 0 aliphatic rings. The number of rotatable bonds is 7. The van der Waals surface area contributed by atoms with Crippen LogP contribution in [-0.4, -0.2) is 46.1 Å². The molecule has 2 N–H and O–H groups in total. The number of hydrogen-bond acceptors (Lipinski definition) is 7. The number of halogens is 1. The van der Waals surface area contributed by atoms with Crippen LogP contribution in [-0.2, 0) is 20.0 Å². The minimum absolute atomic E-state index is 0.0159. The second-order valence-corrected chi connectivity index (χ2v) is 11.5. The summed E-state index contributed by atoms with van der Waals surface area (Å²) in [5, 5.41) is 4.52. The molecule has 9 nitrogen and oxygen atoms in total. The molecule has 2 aromatic carbocycles. The number of sulfonamides is 2. The number of thiazole rings is 1. The highest BCUT2D eigenvalue weighted by Gasteiger charge is 2.21. The summed E-state index contributed by atoms with van der Waals surface area (Å²) in [6.07, 6.45) is 1.48. The van der Waals surface area contributed by atoms with E-state index < -0.39 is 26.0 Å². The van der Waals surface area contributed by atoms with E-state index in [1.165, 1.54) is 62.8 Å². The molecule has 0 spiro atoms. The first-order valence-corrected chi connectivity index (χ1v) is 12.7. The lowest BCUT2D eigenvalue weighted by Crippen LogP contribution is -2.23. The molecule has 3 aromatic rings. The molecule has 0 atom stereocenters. The molecule has 0 fully saturated rings. The van der Waals surface area contributed by atoms with Crippen LogP contribution in [0.3, 0.4) is 0 Å². The summed E-state index contributed by atoms with van der Waals surface area (Å²) in [5.74, 6) is -0.641. The third kappa shape index (κ3) is 5.22. The second kappa shape index (κ2) is 8.93. The summed E-state index contributed by atoms with van der Waals surface area (Å²) in [6, 6.07) is 9.27. The van der Waals surface area contributed by atoms with Gasteiger partial charge >= 0.3 is 0 Å². The van der Waals surface area contributed by atoms with Crippen LogP contribution >= 0.6 is 22.9 Å². The van der Waals surface area contributed by atoms with Crippen LogP contribution in [0.25, 0.3) is 0 Å². The average Bonchev–Trinajstić information content (AvgIpc) is 3.20. The normalized spacial score (nSPS) is 12.0. The Kier molecular flexibility index (Phi) is 6.67. The first kappa shape index (κ1) is 23.2. The predicted octanol–water partition coefficient (Wildman–Crippen LogP) is 3.10. The van der Waals surface area contributed by atoms with E-state index in [0.717, 1.165) is 15.6 Å². The van der Waals surface area contributed by atoms with Crippen LogP contribution in [0.5, 0.6) is 0 Å². The van der Waals surface area contributed by atoms with Crippen molar-refractivity contribution in [2.24, 2.45) is 0 Å². The molecule has 0 saturated heterocycles. The van der Waals surface area contributed by atoms with Crippen molar-refractivity contribution < 1.29 is 21.6 Å². The molecule has 0 bridgehead atoms. The highest BCUT2D eigenvalue weighted by molar-refractivity contribution is 7.93. The number of carbonyl (C=O) groups is 1. The van der Waals surface area contributed by atoms with Crippen molar-refractivity contribution in [3.8, 4) is 0 Å². The lowest BCUT2D eigenvalue weighted by Gasteiger charge is -2.13. The smallest absolute Gasteiger partial charge is 0.263 e. The van der Waals surface area contributed by atoms with Crippen molar-refractivity contribution in [1.29, 1.82) is 0 Å². The van der Waals surface area contributed by atoms with E-state index in [1.807, 2.05) is 0 Å². The van der Waals surface area contributed by atoms with Gasteiger partial charge in [0.15, 0.2) is 5.13 Å². The Morgan fingerprint density at radius 3 is 2.26 bits per heavy atom. The zero-order valence-corrected chi connectivity index (χ0v) is 19.4. The quantitative estimate of drug-likeness (QED) is 0.513. The lowest BCUT2D eigenvalue weighted by atomic mass is 10.2. The monoisotopic (exact) mass is 500 g/mol. The molecule has 0 unspecified atom stereocenters. The number of nitrogens with zero attached hydrogens (tertiary/aromatic N) is 2. The number of carbonyl (C=O) groups excluding carboxylic acids is 1. The summed E-state index contributed by atoms with van der Waals surface area (Å²) < 4.78 is 52.7. The van der Waals surface area contributed by atoms with E-state index >= 15 is 0 Å². The Morgan fingerprint density at radius 1 is 1.03 bits per heavy atom. The number of amides is 1. The zero-order valence-electron chi connectivity index (χ0n) is 16.2.